The second-order valence-electron chi connectivity index (χ2n) is 3.18. The Balaban J connectivity index is 2.75. The van der Waals surface area contributed by atoms with E-state index in [1.54, 1.807) is 6.92 Å². The van der Waals surface area contributed by atoms with Crippen LogP contribution in [0.1, 0.15) is 23.7 Å². The van der Waals surface area contributed by atoms with Gasteiger partial charge in [0.2, 0.25) is 0 Å². The summed E-state index contributed by atoms with van der Waals surface area (Å²) in [6, 6.07) is 5.61. The van der Waals surface area contributed by atoms with Crippen molar-refractivity contribution < 1.29 is 24.5 Å². The molecule has 0 radical (unpaired) electrons. The van der Waals surface area contributed by atoms with Crippen LogP contribution in [0.4, 0.5) is 0 Å². The first kappa shape index (κ1) is 12.0. The molecule has 0 saturated heterocycles. The van der Waals surface area contributed by atoms with Crippen LogP contribution in [0.5, 0.6) is 5.75 Å². The summed E-state index contributed by atoms with van der Waals surface area (Å²) in [5.41, 5.74) is 0.135. The number of benzene rings is 1. The third kappa shape index (κ3) is 2.98. The average molecular weight is 224 g/mol. The highest BCUT2D eigenvalue weighted by Crippen LogP contribution is 2.15. The summed E-state index contributed by atoms with van der Waals surface area (Å²) in [6.07, 6.45) is -0.564. The van der Waals surface area contributed by atoms with E-state index in [0.717, 1.165) is 0 Å². The van der Waals surface area contributed by atoms with Gasteiger partial charge in [-0.2, -0.15) is 0 Å². The van der Waals surface area contributed by atoms with Crippen molar-refractivity contribution in [3.8, 4) is 5.75 Å². The first-order chi connectivity index (χ1) is 7.54. The Labute approximate surface area is 92.3 Å². The van der Waals surface area contributed by atoms with Crippen molar-refractivity contribution in [1.82, 2.24) is 0 Å². The van der Waals surface area contributed by atoms with Crippen molar-refractivity contribution in [3.63, 3.8) is 0 Å². The van der Waals surface area contributed by atoms with Gasteiger partial charge in [-0.05, 0) is 30.7 Å². The van der Waals surface area contributed by atoms with Crippen molar-refractivity contribution in [2.24, 2.45) is 0 Å². The van der Waals surface area contributed by atoms with E-state index < -0.39 is 18.0 Å². The van der Waals surface area contributed by atoms with E-state index in [0.29, 0.717) is 12.2 Å². The molecule has 0 aliphatic carbocycles. The Morgan fingerprint density at radius 1 is 1.25 bits per heavy atom. The zero-order valence-electron chi connectivity index (χ0n) is 8.71. The van der Waals surface area contributed by atoms with Gasteiger partial charge < -0.3 is 14.9 Å². The lowest BCUT2D eigenvalue weighted by Gasteiger charge is -2.12. The zero-order chi connectivity index (χ0) is 12.1. The second-order valence-corrected chi connectivity index (χ2v) is 3.18. The van der Waals surface area contributed by atoms with Crippen LogP contribution >= 0.6 is 0 Å². The number of ether oxygens (including phenoxy) is 1. The van der Waals surface area contributed by atoms with Gasteiger partial charge in [-0.25, -0.2) is 9.59 Å². The van der Waals surface area contributed by atoms with E-state index in [9.17, 15) is 9.59 Å². The molecule has 0 fully saturated rings. The third-order valence-corrected chi connectivity index (χ3v) is 2.03. The summed E-state index contributed by atoms with van der Waals surface area (Å²) < 4.78 is 5.17. The van der Waals surface area contributed by atoms with E-state index in [1.807, 2.05) is 0 Å². The SMILES string of the molecule is CC[C@@H](Oc1ccc(C(=O)O)cc1)C(=O)O. The molecule has 0 amide bonds. The Bertz CT molecular complexity index is 382. The van der Waals surface area contributed by atoms with Gasteiger partial charge in [-0.3, -0.25) is 0 Å². The smallest absolute Gasteiger partial charge is 0.344 e. The van der Waals surface area contributed by atoms with Crippen molar-refractivity contribution >= 4 is 11.9 Å². The Hall–Kier alpha value is -2.04. The van der Waals surface area contributed by atoms with Gasteiger partial charge in [-0.1, -0.05) is 6.92 Å². The summed E-state index contributed by atoms with van der Waals surface area (Å²) in [6.45, 7) is 1.70. The van der Waals surface area contributed by atoms with E-state index in [-0.39, 0.29) is 5.56 Å². The lowest BCUT2D eigenvalue weighted by molar-refractivity contribution is -0.145. The third-order valence-electron chi connectivity index (χ3n) is 2.03. The molecular weight excluding hydrogens is 212 g/mol. The molecule has 5 nitrogen and oxygen atoms in total. The van der Waals surface area contributed by atoms with E-state index in [1.165, 1.54) is 24.3 Å². The van der Waals surface area contributed by atoms with E-state index in [2.05, 4.69) is 0 Å². The monoisotopic (exact) mass is 224 g/mol. The molecule has 1 aromatic carbocycles. The maximum absolute atomic E-state index is 10.7. The highest BCUT2D eigenvalue weighted by molar-refractivity contribution is 5.87. The van der Waals surface area contributed by atoms with Crippen LogP contribution in [0.2, 0.25) is 0 Å². The minimum atomic E-state index is -1.04. The quantitative estimate of drug-likeness (QED) is 0.794. The molecule has 16 heavy (non-hydrogen) atoms. The standard InChI is InChI=1S/C11H12O5/c1-2-9(11(14)15)16-8-5-3-7(4-6-8)10(12)13/h3-6,9H,2H2,1H3,(H,12,13)(H,14,15)/t9-/m1/s1. The number of carboxylic acid groups (broad SMARTS) is 2. The first-order valence-corrected chi connectivity index (χ1v) is 4.77. The highest BCUT2D eigenvalue weighted by atomic mass is 16.5. The van der Waals surface area contributed by atoms with Gasteiger partial charge in [0.25, 0.3) is 0 Å². The van der Waals surface area contributed by atoms with Crippen molar-refractivity contribution in [3.05, 3.63) is 29.8 Å². The summed E-state index contributed by atoms with van der Waals surface area (Å²) >= 11 is 0. The zero-order valence-corrected chi connectivity index (χ0v) is 8.71. The lowest BCUT2D eigenvalue weighted by Crippen LogP contribution is -2.25. The summed E-state index contributed by atoms with van der Waals surface area (Å²) in [4.78, 5) is 21.3. The number of rotatable bonds is 5. The van der Waals surface area contributed by atoms with Crippen molar-refractivity contribution in [2.75, 3.05) is 0 Å². The van der Waals surface area contributed by atoms with E-state index in [4.69, 9.17) is 14.9 Å². The Morgan fingerprint density at radius 3 is 2.19 bits per heavy atom. The van der Waals surface area contributed by atoms with Crippen molar-refractivity contribution in [2.45, 2.75) is 19.4 Å². The molecule has 0 saturated carbocycles. The molecule has 1 atom stereocenters. The van der Waals surface area contributed by atoms with Crippen LogP contribution in [-0.2, 0) is 4.79 Å². The van der Waals surface area contributed by atoms with Gasteiger partial charge in [-0.15, -0.1) is 0 Å². The van der Waals surface area contributed by atoms with Crippen LogP contribution in [-0.4, -0.2) is 28.3 Å². The number of aromatic carboxylic acids is 1. The molecule has 0 spiro atoms. The molecule has 1 aromatic rings. The fraction of sp³-hybridized carbons (Fsp3) is 0.273. The minimum absolute atomic E-state index is 0.135. The summed E-state index contributed by atoms with van der Waals surface area (Å²) in [5, 5.41) is 17.4. The second kappa shape index (κ2) is 5.16. The predicted octanol–water partition coefficient (Wildman–Crippen LogP) is 1.63. The Kier molecular flexibility index (Phi) is 3.88. The lowest BCUT2D eigenvalue weighted by atomic mass is 10.2. The number of hydrogen-bond donors (Lipinski definition) is 2. The molecule has 0 bridgehead atoms. The summed E-state index contributed by atoms with van der Waals surface area (Å²) in [5.74, 6) is -1.72. The fourth-order valence-electron chi connectivity index (χ4n) is 1.15. The van der Waals surface area contributed by atoms with Gasteiger partial charge in [0.15, 0.2) is 6.10 Å². The van der Waals surface area contributed by atoms with Crippen molar-refractivity contribution in [1.29, 1.82) is 0 Å². The van der Waals surface area contributed by atoms with Gasteiger partial charge >= 0.3 is 11.9 Å². The van der Waals surface area contributed by atoms with Crippen LogP contribution in [0.3, 0.4) is 0 Å². The number of aliphatic carboxylic acids is 1. The predicted molar refractivity (Wildman–Crippen MR) is 55.7 cm³/mol. The number of hydrogen-bond acceptors (Lipinski definition) is 3. The Morgan fingerprint density at radius 2 is 1.81 bits per heavy atom. The van der Waals surface area contributed by atoms with Gasteiger partial charge in [0, 0.05) is 0 Å². The average Bonchev–Trinajstić information content (AvgIpc) is 2.26. The molecule has 2 N–H and O–H groups in total. The molecule has 0 unspecified atom stereocenters. The molecule has 0 heterocycles. The van der Waals surface area contributed by atoms with Crippen LogP contribution in [0, 0.1) is 0 Å². The molecule has 0 aliphatic rings. The number of carbonyl (C=O) groups is 2. The fourth-order valence-corrected chi connectivity index (χ4v) is 1.15. The molecule has 5 heteroatoms. The van der Waals surface area contributed by atoms with Crippen LogP contribution in [0.25, 0.3) is 0 Å². The largest absolute Gasteiger partial charge is 0.479 e. The molecule has 0 aromatic heterocycles. The summed E-state index contributed by atoms with van der Waals surface area (Å²) in [7, 11) is 0. The van der Waals surface area contributed by atoms with Gasteiger partial charge in [0.1, 0.15) is 5.75 Å². The molecule has 1 rings (SSSR count). The normalized spacial score (nSPS) is 11.8. The van der Waals surface area contributed by atoms with Crippen LogP contribution in [0.15, 0.2) is 24.3 Å². The topological polar surface area (TPSA) is 83.8 Å². The molecule has 86 valence electrons. The maximum Gasteiger partial charge on any atom is 0.344 e. The molecular formula is C11H12O5. The first-order valence-electron chi connectivity index (χ1n) is 4.77. The highest BCUT2D eigenvalue weighted by Gasteiger charge is 2.16. The van der Waals surface area contributed by atoms with Crippen LogP contribution < -0.4 is 4.74 Å². The maximum atomic E-state index is 10.7. The molecule has 0 aliphatic heterocycles. The van der Waals surface area contributed by atoms with Gasteiger partial charge in [0.05, 0.1) is 5.56 Å². The van der Waals surface area contributed by atoms with E-state index >= 15 is 0 Å². The minimum Gasteiger partial charge on any atom is -0.479 e. The number of carboxylic acids is 2.